The van der Waals surface area contributed by atoms with E-state index in [1.165, 1.54) is 0 Å². The van der Waals surface area contributed by atoms with E-state index in [-0.39, 0.29) is 12.5 Å². The van der Waals surface area contributed by atoms with Gasteiger partial charge in [0.1, 0.15) is 5.75 Å². The Labute approximate surface area is 178 Å². The van der Waals surface area contributed by atoms with Gasteiger partial charge in [0.2, 0.25) is 5.91 Å². The molecule has 1 saturated heterocycles. The Morgan fingerprint density at radius 2 is 2.03 bits per heavy atom. The Kier molecular flexibility index (Phi) is 9.93. The molecular formula is C21H34N6O3. The molecule has 1 aromatic rings. The second kappa shape index (κ2) is 12.7. The molecule has 0 radical (unpaired) electrons. The van der Waals surface area contributed by atoms with Crippen molar-refractivity contribution in [2.45, 2.75) is 38.8 Å². The molecule has 1 fully saturated rings. The zero-order valence-corrected chi connectivity index (χ0v) is 17.9. The van der Waals surface area contributed by atoms with Crippen molar-refractivity contribution >= 4 is 17.8 Å². The van der Waals surface area contributed by atoms with E-state index >= 15 is 0 Å². The summed E-state index contributed by atoms with van der Waals surface area (Å²) in [5, 5.41) is 9.69. The molecule has 1 aromatic carbocycles. The maximum absolute atomic E-state index is 11.9. The van der Waals surface area contributed by atoms with Crippen LogP contribution in [0.3, 0.4) is 0 Å². The van der Waals surface area contributed by atoms with Gasteiger partial charge in [0.25, 0.3) is 5.91 Å². The van der Waals surface area contributed by atoms with Crippen molar-refractivity contribution in [1.29, 1.82) is 0 Å². The molecule has 9 heteroatoms. The van der Waals surface area contributed by atoms with Gasteiger partial charge in [0.15, 0.2) is 12.6 Å². The van der Waals surface area contributed by atoms with Gasteiger partial charge in [0, 0.05) is 39.3 Å². The lowest BCUT2D eigenvalue weighted by Crippen LogP contribution is -2.50. The topological polar surface area (TPSA) is 121 Å². The summed E-state index contributed by atoms with van der Waals surface area (Å²) < 4.78 is 5.34. The monoisotopic (exact) mass is 418 g/mol. The number of nitrogens with one attached hydrogen (secondary N) is 3. The second-order valence-electron chi connectivity index (χ2n) is 7.37. The highest BCUT2D eigenvalue weighted by atomic mass is 16.5. The van der Waals surface area contributed by atoms with Crippen LogP contribution in [0.15, 0.2) is 29.3 Å². The van der Waals surface area contributed by atoms with E-state index < -0.39 is 5.91 Å². The predicted octanol–water partition coefficient (Wildman–Crippen LogP) is 0.206. The lowest BCUT2D eigenvalue weighted by Gasteiger charge is -2.32. The van der Waals surface area contributed by atoms with E-state index in [1.807, 2.05) is 25.1 Å². The number of hydrogen-bond acceptors (Lipinski definition) is 5. The van der Waals surface area contributed by atoms with Gasteiger partial charge in [-0.2, -0.15) is 0 Å². The number of aliphatic imine (C=N–C) groups is 1. The van der Waals surface area contributed by atoms with Gasteiger partial charge in [-0.3, -0.25) is 19.5 Å². The molecule has 30 heavy (non-hydrogen) atoms. The van der Waals surface area contributed by atoms with Crippen molar-refractivity contribution in [2.24, 2.45) is 10.7 Å². The molecule has 1 heterocycles. The first-order chi connectivity index (χ1) is 14.5. The van der Waals surface area contributed by atoms with Crippen molar-refractivity contribution < 1.29 is 14.3 Å². The lowest BCUT2D eigenvalue weighted by atomic mass is 10.1. The first kappa shape index (κ1) is 23.5. The van der Waals surface area contributed by atoms with Crippen molar-refractivity contribution in [3.05, 3.63) is 29.8 Å². The number of ether oxygens (including phenoxy) is 1. The van der Waals surface area contributed by atoms with Crippen LogP contribution in [0, 0.1) is 0 Å². The van der Waals surface area contributed by atoms with Crippen molar-refractivity contribution in [3.8, 4) is 5.75 Å². The number of primary amides is 1. The molecule has 1 aliphatic heterocycles. The van der Waals surface area contributed by atoms with Gasteiger partial charge in [0.05, 0.1) is 6.54 Å². The summed E-state index contributed by atoms with van der Waals surface area (Å²) in [5.41, 5.74) is 6.12. The normalized spacial score (nSPS) is 15.5. The molecule has 0 atom stereocenters. The number of likely N-dealkylation sites (tertiary alicyclic amines) is 1. The molecule has 0 saturated carbocycles. The molecule has 0 aliphatic carbocycles. The van der Waals surface area contributed by atoms with E-state index in [9.17, 15) is 9.59 Å². The minimum atomic E-state index is -0.504. The molecule has 166 valence electrons. The number of amides is 2. The fraction of sp³-hybridized carbons (Fsp3) is 0.571. The smallest absolute Gasteiger partial charge is 0.255 e. The Morgan fingerprint density at radius 3 is 2.70 bits per heavy atom. The molecule has 2 rings (SSSR count). The molecule has 2 amide bonds. The summed E-state index contributed by atoms with van der Waals surface area (Å²) in [6.45, 7) is 5.45. The van der Waals surface area contributed by atoms with Crippen LogP contribution in [0.2, 0.25) is 0 Å². The third-order valence-electron chi connectivity index (χ3n) is 4.83. The highest BCUT2D eigenvalue weighted by Gasteiger charge is 2.21. The fourth-order valence-electron chi connectivity index (χ4n) is 3.23. The highest BCUT2D eigenvalue weighted by molar-refractivity contribution is 5.80. The molecule has 0 bridgehead atoms. The zero-order valence-electron chi connectivity index (χ0n) is 17.9. The summed E-state index contributed by atoms with van der Waals surface area (Å²) in [4.78, 5) is 29.2. The summed E-state index contributed by atoms with van der Waals surface area (Å²) >= 11 is 0. The standard InChI is InChI=1S/C21H34N6O3/c1-3-9-24-20(29)14-27-10-7-17(8-11-27)26-21(23-2)25-13-16-5-4-6-18(12-16)30-15-19(22)28/h4-6,12,17H,3,7-11,13-15H2,1-2H3,(H2,22,28)(H,24,29)(H2,23,25,26). The third kappa shape index (κ3) is 8.69. The average Bonchev–Trinajstić information content (AvgIpc) is 2.75. The van der Waals surface area contributed by atoms with Gasteiger partial charge >= 0.3 is 0 Å². The summed E-state index contributed by atoms with van der Waals surface area (Å²) in [7, 11) is 1.74. The molecule has 0 spiro atoms. The summed E-state index contributed by atoms with van der Waals surface area (Å²) in [6.07, 6.45) is 2.87. The Balaban J connectivity index is 1.73. The van der Waals surface area contributed by atoms with Crippen molar-refractivity contribution in [3.63, 3.8) is 0 Å². The number of carbonyl (C=O) groups is 2. The van der Waals surface area contributed by atoms with Crippen LogP contribution in [-0.2, 0) is 16.1 Å². The van der Waals surface area contributed by atoms with Crippen LogP contribution in [0.4, 0.5) is 0 Å². The van der Waals surface area contributed by atoms with Crippen molar-refractivity contribution in [1.82, 2.24) is 20.9 Å². The minimum absolute atomic E-state index is 0.0998. The van der Waals surface area contributed by atoms with Crippen LogP contribution in [0.25, 0.3) is 0 Å². The first-order valence-electron chi connectivity index (χ1n) is 10.5. The maximum Gasteiger partial charge on any atom is 0.255 e. The zero-order chi connectivity index (χ0) is 21.8. The van der Waals surface area contributed by atoms with Gasteiger partial charge in [-0.1, -0.05) is 19.1 Å². The van der Waals surface area contributed by atoms with E-state index in [0.29, 0.717) is 24.9 Å². The van der Waals surface area contributed by atoms with Crippen molar-refractivity contribution in [2.75, 3.05) is 39.8 Å². The number of hydrogen-bond donors (Lipinski definition) is 4. The van der Waals surface area contributed by atoms with Crippen LogP contribution in [0.5, 0.6) is 5.75 Å². The number of rotatable bonds is 10. The largest absolute Gasteiger partial charge is 0.484 e. The quantitative estimate of drug-likeness (QED) is 0.318. The molecule has 5 N–H and O–H groups in total. The molecule has 0 unspecified atom stereocenters. The molecular weight excluding hydrogens is 384 g/mol. The summed E-state index contributed by atoms with van der Waals surface area (Å²) in [6, 6.07) is 7.81. The fourth-order valence-corrected chi connectivity index (χ4v) is 3.23. The Morgan fingerprint density at radius 1 is 1.27 bits per heavy atom. The van der Waals surface area contributed by atoms with Gasteiger partial charge in [-0.25, -0.2) is 0 Å². The lowest BCUT2D eigenvalue weighted by molar-refractivity contribution is -0.122. The number of nitrogens with zero attached hydrogens (tertiary/aromatic N) is 2. The molecule has 0 aromatic heterocycles. The number of nitrogens with two attached hydrogens (primary N) is 1. The molecule has 1 aliphatic rings. The first-order valence-corrected chi connectivity index (χ1v) is 10.5. The maximum atomic E-state index is 11.9. The SMILES string of the molecule is CCCNC(=O)CN1CCC(NC(=NC)NCc2cccc(OCC(N)=O)c2)CC1. The third-order valence-corrected chi connectivity index (χ3v) is 4.83. The van der Waals surface area contributed by atoms with E-state index in [2.05, 4.69) is 25.8 Å². The Hall–Kier alpha value is -2.81. The number of benzene rings is 1. The van der Waals surface area contributed by atoms with Crippen LogP contribution < -0.4 is 26.4 Å². The number of carbonyl (C=O) groups excluding carboxylic acids is 2. The van der Waals surface area contributed by atoms with Gasteiger partial charge in [-0.15, -0.1) is 0 Å². The molecule has 9 nitrogen and oxygen atoms in total. The van der Waals surface area contributed by atoms with Gasteiger partial charge in [-0.05, 0) is 37.0 Å². The second-order valence-corrected chi connectivity index (χ2v) is 7.37. The van der Waals surface area contributed by atoms with Crippen LogP contribution in [0.1, 0.15) is 31.7 Å². The Bertz CT molecular complexity index is 716. The van der Waals surface area contributed by atoms with Crippen LogP contribution >= 0.6 is 0 Å². The van der Waals surface area contributed by atoms with E-state index in [0.717, 1.165) is 50.4 Å². The van der Waals surface area contributed by atoms with E-state index in [4.69, 9.17) is 10.5 Å². The highest BCUT2D eigenvalue weighted by Crippen LogP contribution is 2.13. The number of guanidine groups is 1. The van der Waals surface area contributed by atoms with E-state index in [1.54, 1.807) is 13.1 Å². The average molecular weight is 419 g/mol. The number of piperidine rings is 1. The minimum Gasteiger partial charge on any atom is -0.484 e. The van der Waals surface area contributed by atoms with Crippen LogP contribution in [-0.4, -0.2) is 68.5 Å². The predicted molar refractivity (Wildman–Crippen MR) is 117 cm³/mol. The van der Waals surface area contributed by atoms with Gasteiger partial charge < -0.3 is 26.4 Å². The summed E-state index contributed by atoms with van der Waals surface area (Å²) in [5.74, 6) is 0.933.